The van der Waals surface area contributed by atoms with E-state index in [1.54, 1.807) is 24.3 Å². The number of rotatable bonds is 1. The second-order valence-corrected chi connectivity index (χ2v) is 8.41. The van der Waals surface area contributed by atoms with Crippen molar-refractivity contribution in [1.29, 1.82) is 0 Å². The van der Waals surface area contributed by atoms with Crippen molar-refractivity contribution in [3.8, 4) is 46.0 Å². The molecular weight excluding hydrogens is 448 g/mol. The Kier molecular flexibility index (Phi) is 6.08. The van der Waals surface area contributed by atoms with E-state index in [0.717, 1.165) is 16.7 Å². The molecule has 178 valence electrons. The summed E-state index contributed by atoms with van der Waals surface area (Å²) in [5.41, 5.74) is 3.31. The van der Waals surface area contributed by atoms with Crippen molar-refractivity contribution in [2.24, 2.45) is 0 Å². The van der Waals surface area contributed by atoms with Crippen LogP contribution in [-0.2, 0) is 25.7 Å². The molecule has 0 saturated carbocycles. The number of phenols is 3. The van der Waals surface area contributed by atoms with Gasteiger partial charge in [-0.25, -0.2) is 5.26 Å². The Labute approximate surface area is 202 Å². The molecule has 0 radical (unpaired) electrons. The molecule has 2 aliphatic rings. The maximum atomic E-state index is 10.5. The molecule has 0 fully saturated rings. The van der Waals surface area contributed by atoms with Crippen molar-refractivity contribution >= 4 is 0 Å². The lowest BCUT2D eigenvalue weighted by atomic mass is 10.0. The van der Waals surface area contributed by atoms with Crippen LogP contribution in [0.25, 0.3) is 0 Å². The van der Waals surface area contributed by atoms with Crippen LogP contribution in [0.2, 0.25) is 0 Å². The molecule has 0 aliphatic carbocycles. The van der Waals surface area contributed by atoms with Crippen molar-refractivity contribution in [2.75, 3.05) is 0 Å². The Morgan fingerprint density at radius 3 is 2.17 bits per heavy atom. The summed E-state index contributed by atoms with van der Waals surface area (Å²) in [6, 6.07) is 21.7. The molecule has 0 saturated heterocycles. The minimum absolute atomic E-state index is 0.0497. The summed E-state index contributed by atoms with van der Waals surface area (Å²) in [4.78, 5) is 4.38. The average molecular weight is 472 g/mol. The minimum atomic E-state index is -0.602. The molecule has 2 heterocycles. The number of ether oxygens (including phenoxy) is 2. The molecular formula is C28H24O7. The van der Waals surface area contributed by atoms with Crippen molar-refractivity contribution in [3.05, 3.63) is 95.1 Å². The lowest BCUT2D eigenvalue weighted by Gasteiger charge is -2.16. The topological polar surface area (TPSA) is 109 Å². The van der Waals surface area contributed by atoms with Gasteiger partial charge in [0.25, 0.3) is 0 Å². The number of para-hydroxylation sites is 1. The zero-order chi connectivity index (χ0) is 24.4. The Hall–Kier alpha value is -4.36. The van der Waals surface area contributed by atoms with Gasteiger partial charge in [-0.3, -0.25) is 0 Å². The van der Waals surface area contributed by atoms with Gasteiger partial charge in [-0.1, -0.05) is 36.4 Å². The van der Waals surface area contributed by atoms with Gasteiger partial charge in [0.15, 0.2) is 17.2 Å². The SMILES string of the molecule is OOc1c2cc(c(O)c1O)Oc1ccc(cc1)CCc1cccc(O)c1Oc1cccc(c1)CC2. The van der Waals surface area contributed by atoms with Crippen LogP contribution >= 0.6 is 0 Å². The molecule has 2 aliphatic heterocycles. The van der Waals surface area contributed by atoms with E-state index in [-0.39, 0.29) is 17.2 Å². The summed E-state index contributed by atoms with van der Waals surface area (Å²) in [5.74, 6) is 0.240. The predicted octanol–water partition coefficient (Wildman–Crippen LogP) is 6.12. The number of aryl methyl sites for hydroxylation is 4. The lowest BCUT2D eigenvalue weighted by Crippen LogP contribution is -2.00. The van der Waals surface area contributed by atoms with Crippen LogP contribution in [0.15, 0.2) is 72.8 Å². The maximum absolute atomic E-state index is 10.5. The number of fused-ring (bicyclic) bond motifs is 4. The van der Waals surface area contributed by atoms with E-state index < -0.39 is 11.5 Å². The molecule has 4 N–H and O–H groups in total. The van der Waals surface area contributed by atoms with Gasteiger partial charge in [0.2, 0.25) is 17.2 Å². The van der Waals surface area contributed by atoms with Gasteiger partial charge in [0, 0.05) is 5.56 Å². The molecule has 0 amide bonds. The summed E-state index contributed by atoms with van der Waals surface area (Å²) in [6.45, 7) is 0. The highest BCUT2D eigenvalue weighted by atomic mass is 17.1. The maximum Gasteiger partial charge on any atom is 0.214 e. The van der Waals surface area contributed by atoms with E-state index in [4.69, 9.17) is 9.47 Å². The Bertz CT molecular complexity index is 1360. The van der Waals surface area contributed by atoms with Crippen LogP contribution in [0.4, 0.5) is 0 Å². The molecule has 0 atom stereocenters. The van der Waals surface area contributed by atoms with Crippen molar-refractivity contribution in [2.45, 2.75) is 25.7 Å². The van der Waals surface area contributed by atoms with E-state index >= 15 is 0 Å². The van der Waals surface area contributed by atoms with Crippen LogP contribution in [0.1, 0.15) is 22.3 Å². The van der Waals surface area contributed by atoms with Crippen molar-refractivity contribution < 1.29 is 34.9 Å². The fourth-order valence-corrected chi connectivity index (χ4v) is 4.21. The number of hydrogen-bond acceptors (Lipinski definition) is 7. The fraction of sp³-hybridized carbons (Fsp3) is 0.143. The lowest BCUT2D eigenvalue weighted by molar-refractivity contribution is -0.139. The summed E-state index contributed by atoms with van der Waals surface area (Å²) in [5, 5.41) is 40.6. The third-order valence-electron chi connectivity index (χ3n) is 6.07. The van der Waals surface area contributed by atoms with Gasteiger partial charge in [-0.05, 0) is 78.8 Å². The van der Waals surface area contributed by atoms with E-state index in [1.165, 1.54) is 6.07 Å². The molecule has 6 rings (SSSR count). The number of phenolic OH excluding ortho intramolecular Hbond substituents is 3. The summed E-state index contributed by atoms with van der Waals surface area (Å²) < 4.78 is 12.0. The van der Waals surface area contributed by atoms with Gasteiger partial charge in [0.1, 0.15) is 11.5 Å². The van der Waals surface area contributed by atoms with Crippen molar-refractivity contribution in [1.82, 2.24) is 0 Å². The van der Waals surface area contributed by atoms with Gasteiger partial charge < -0.3 is 29.7 Å². The fourth-order valence-electron chi connectivity index (χ4n) is 4.21. The number of hydrogen-bond donors (Lipinski definition) is 4. The van der Waals surface area contributed by atoms with E-state index in [9.17, 15) is 20.6 Å². The van der Waals surface area contributed by atoms with Gasteiger partial charge in [-0.2, -0.15) is 0 Å². The van der Waals surface area contributed by atoms with Crippen LogP contribution in [0.5, 0.6) is 46.0 Å². The normalized spacial score (nSPS) is 13.1. The van der Waals surface area contributed by atoms with Gasteiger partial charge in [-0.15, -0.1) is 0 Å². The van der Waals surface area contributed by atoms with Crippen molar-refractivity contribution in [3.63, 3.8) is 0 Å². The molecule has 4 aromatic carbocycles. The number of aromatic hydroxyl groups is 3. The van der Waals surface area contributed by atoms with Crippen LogP contribution in [0, 0.1) is 0 Å². The Morgan fingerprint density at radius 1 is 0.629 bits per heavy atom. The van der Waals surface area contributed by atoms with Gasteiger partial charge in [0.05, 0.1) is 0 Å². The first-order valence-electron chi connectivity index (χ1n) is 11.3. The van der Waals surface area contributed by atoms with E-state index in [2.05, 4.69) is 4.89 Å². The zero-order valence-electron chi connectivity index (χ0n) is 18.8. The van der Waals surface area contributed by atoms with Gasteiger partial charge >= 0.3 is 0 Å². The minimum Gasteiger partial charge on any atom is -0.504 e. The monoisotopic (exact) mass is 472 g/mol. The highest BCUT2D eigenvalue weighted by molar-refractivity contribution is 5.62. The summed E-state index contributed by atoms with van der Waals surface area (Å²) in [7, 11) is 0. The molecule has 6 bridgehead atoms. The van der Waals surface area contributed by atoms with E-state index in [1.807, 2.05) is 42.5 Å². The predicted molar refractivity (Wildman–Crippen MR) is 129 cm³/mol. The molecule has 35 heavy (non-hydrogen) atoms. The third-order valence-corrected chi connectivity index (χ3v) is 6.07. The average Bonchev–Trinajstić information content (AvgIpc) is 2.87. The first-order chi connectivity index (χ1) is 17.0. The molecule has 7 heteroatoms. The van der Waals surface area contributed by atoms with Crippen LogP contribution in [0.3, 0.4) is 0 Å². The standard InChI is InChI=1S/C28H24O7/c29-23-6-2-4-19-11-7-17-9-13-21(14-10-17)33-24-16-20(28(35-32)26(31)25(24)30)12-8-18-3-1-5-22(15-18)34-27(19)23/h1-6,9-10,13-16,29-32H,7-8,11-12H2. The summed E-state index contributed by atoms with van der Waals surface area (Å²) >= 11 is 0. The molecule has 0 unspecified atom stereocenters. The van der Waals surface area contributed by atoms with Crippen LogP contribution < -0.4 is 14.4 Å². The molecule has 0 aromatic heterocycles. The Balaban J connectivity index is 1.58. The second-order valence-electron chi connectivity index (χ2n) is 8.41. The molecule has 7 nitrogen and oxygen atoms in total. The second kappa shape index (κ2) is 9.48. The first kappa shape index (κ1) is 22.4. The quantitative estimate of drug-likeness (QED) is 0.150. The summed E-state index contributed by atoms with van der Waals surface area (Å²) in [6.07, 6.45) is 2.24. The molecule has 4 aromatic rings. The largest absolute Gasteiger partial charge is 0.504 e. The highest BCUT2D eigenvalue weighted by Gasteiger charge is 2.21. The molecule has 0 spiro atoms. The highest BCUT2D eigenvalue weighted by Crippen LogP contribution is 2.47. The Morgan fingerprint density at radius 2 is 1.37 bits per heavy atom. The smallest absolute Gasteiger partial charge is 0.214 e. The number of benzene rings is 4. The third kappa shape index (κ3) is 4.67. The first-order valence-corrected chi connectivity index (χ1v) is 11.3. The van der Waals surface area contributed by atoms with E-state index in [0.29, 0.717) is 48.5 Å². The zero-order valence-corrected chi connectivity index (χ0v) is 18.8. The van der Waals surface area contributed by atoms with Crippen LogP contribution in [-0.4, -0.2) is 20.6 Å².